The van der Waals surface area contributed by atoms with E-state index in [1.807, 2.05) is 6.08 Å². The highest BCUT2D eigenvalue weighted by Crippen LogP contribution is 2.15. The number of carbonyl (C=O) groups is 2. The van der Waals surface area contributed by atoms with Crippen LogP contribution in [0.2, 0.25) is 0 Å². The molecule has 0 aromatic rings. The fourth-order valence-electron chi connectivity index (χ4n) is 7.39. The standard InChI is InChI=1S/C50H95NO5/c1-3-5-7-9-11-13-15-16-17-18-19-23-26-30-34-38-42-48(53)47(46-52)51-49(54)43-39-35-31-27-24-20-21-25-29-33-37-41-45-56-50(55)44-40-36-32-28-22-14-12-10-8-6-4-2/h21,25,38,42,47-48,52-53H,3-20,22-24,26-37,39-41,43-46H2,1-2H3,(H,51,54)/b25-21-,42-38+. The molecule has 330 valence electrons. The Labute approximate surface area is 348 Å². The summed E-state index contributed by atoms with van der Waals surface area (Å²) in [6.07, 6.45) is 53.1. The van der Waals surface area contributed by atoms with Crippen molar-refractivity contribution in [3.63, 3.8) is 0 Å². The zero-order valence-corrected chi connectivity index (χ0v) is 37.4. The van der Waals surface area contributed by atoms with Crippen molar-refractivity contribution >= 4 is 11.9 Å². The summed E-state index contributed by atoms with van der Waals surface area (Å²) in [7, 11) is 0. The van der Waals surface area contributed by atoms with Gasteiger partial charge in [0, 0.05) is 12.8 Å². The molecule has 0 aliphatic carbocycles. The summed E-state index contributed by atoms with van der Waals surface area (Å²) in [6, 6.07) is -0.645. The second-order valence-electron chi connectivity index (χ2n) is 16.8. The zero-order valence-electron chi connectivity index (χ0n) is 37.4. The first-order valence-corrected chi connectivity index (χ1v) is 24.6. The molecule has 0 aromatic carbocycles. The molecule has 0 fully saturated rings. The molecule has 1 amide bonds. The van der Waals surface area contributed by atoms with Crippen LogP contribution in [0.1, 0.15) is 258 Å². The molecule has 2 atom stereocenters. The van der Waals surface area contributed by atoms with Crippen molar-refractivity contribution in [2.75, 3.05) is 13.2 Å². The lowest BCUT2D eigenvalue weighted by Crippen LogP contribution is -2.45. The monoisotopic (exact) mass is 790 g/mol. The summed E-state index contributed by atoms with van der Waals surface area (Å²) in [5, 5.41) is 23.0. The highest BCUT2D eigenvalue weighted by Gasteiger charge is 2.18. The van der Waals surface area contributed by atoms with Gasteiger partial charge in [-0.1, -0.05) is 205 Å². The number of unbranched alkanes of at least 4 members (excludes halogenated alkanes) is 32. The van der Waals surface area contributed by atoms with Crippen molar-refractivity contribution in [3.8, 4) is 0 Å². The number of rotatable bonds is 45. The van der Waals surface area contributed by atoms with Gasteiger partial charge in [0.2, 0.25) is 5.91 Å². The van der Waals surface area contributed by atoms with Crippen LogP contribution in [0.5, 0.6) is 0 Å². The van der Waals surface area contributed by atoms with Gasteiger partial charge in [0.05, 0.1) is 25.4 Å². The Morgan fingerprint density at radius 3 is 1.27 bits per heavy atom. The van der Waals surface area contributed by atoms with Gasteiger partial charge in [-0.3, -0.25) is 9.59 Å². The molecule has 0 bridgehead atoms. The maximum Gasteiger partial charge on any atom is 0.305 e. The number of hydrogen-bond acceptors (Lipinski definition) is 5. The van der Waals surface area contributed by atoms with Crippen LogP contribution in [0, 0.1) is 0 Å². The molecule has 2 unspecified atom stereocenters. The molecule has 0 saturated heterocycles. The molecule has 3 N–H and O–H groups in total. The minimum absolute atomic E-state index is 0.0250. The van der Waals surface area contributed by atoms with E-state index in [9.17, 15) is 19.8 Å². The molecule has 0 radical (unpaired) electrons. The van der Waals surface area contributed by atoms with Crippen LogP contribution >= 0.6 is 0 Å². The number of aliphatic hydroxyl groups is 2. The Balaban J connectivity index is 3.56. The second kappa shape index (κ2) is 46.0. The number of nitrogens with one attached hydrogen (secondary N) is 1. The Kier molecular flexibility index (Phi) is 44.7. The van der Waals surface area contributed by atoms with E-state index < -0.39 is 12.1 Å². The first-order chi connectivity index (χ1) is 27.5. The number of hydrogen-bond donors (Lipinski definition) is 3. The van der Waals surface area contributed by atoms with Gasteiger partial charge in [0.25, 0.3) is 0 Å². The molecular weight excluding hydrogens is 695 g/mol. The Morgan fingerprint density at radius 2 is 0.839 bits per heavy atom. The zero-order chi connectivity index (χ0) is 40.8. The number of ether oxygens (including phenoxy) is 1. The molecule has 6 heteroatoms. The maximum absolute atomic E-state index is 12.4. The van der Waals surface area contributed by atoms with E-state index in [0.717, 1.165) is 77.0 Å². The highest BCUT2D eigenvalue weighted by molar-refractivity contribution is 5.76. The van der Waals surface area contributed by atoms with Gasteiger partial charge in [0.15, 0.2) is 0 Å². The first kappa shape index (κ1) is 54.3. The maximum atomic E-state index is 12.4. The fraction of sp³-hybridized carbons (Fsp3) is 0.880. The number of amides is 1. The molecular formula is C50H95NO5. The minimum Gasteiger partial charge on any atom is -0.466 e. The van der Waals surface area contributed by atoms with Crippen LogP contribution in [0.3, 0.4) is 0 Å². The minimum atomic E-state index is -0.859. The van der Waals surface area contributed by atoms with Crippen molar-refractivity contribution in [2.24, 2.45) is 0 Å². The van der Waals surface area contributed by atoms with Crippen molar-refractivity contribution < 1.29 is 24.5 Å². The van der Waals surface area contributed by atoms with Gasteiger partial charge in [0.1, 0.15) is 0 Å². The van der Waals surface area contributed by atoms with Gasteiger partial charge >= 0.3 is 5.97 Å². The van der Waals surface area contributed by atoms with Crippen LogP contribution < -0.4 is 5.32 Å². The predicted molar refractivity (Wildman–Crippen MR) is 241 cm³/mol. The SMILES string of the molecule is CCCCCCCCCCCCCCCC/C=C/C(O)C(CO)NC(=O)CCCCCCC/C=C\CCCCCOC(=O)CCCCCCCCCCCCC. The number of carbonyl (C=O) groups excluding carboxylic acids is 2. The summed E-state index contributed by atoms with van der Waals surface area (Å²) in [5.41, 5.74) is 0. The third kappa shape index (κ3) is 42.0. The summed E-state index contributed by atoms with van der Waals surface area (Å²) in [4.78, 5) is 24.4. The van der Waals surface area contributed by atoms with E-state index in [1.165, 1.54) is 154 Å². The molecule has 0 aliphatic heterocycles. The number of aliphatic hydroxyl groups excluding tert-OH is 2. The van der Waals surface area contributed by atoms with E-state index in [-0.39, 0.29) is 18.5 Å². The van der Waals surface area contributed by atoms with Crippen molar-refractivity contribution in [2.45, 2.75) is 270 Å². The van der Waals surface area contributed by atoms with Crippen molar-refractivity contribution in [1.82, 2.24) is 5.32 Å². The van der Waals surface area contributed by atoms with Crippen LogP contribution in [-0.2, 0) is 14.3 Å². The number of allylic oxidation sites excluding steroid dienone is 3. The molecule has 0 aliphatic rings. The van der Waals surface area contributed by atoms with Gasteiger partial charge in [-0.25, -0.2) is 0 Å². The van der Waals surface area contributed by atoms with Crippen LogP contribution in [0.25, 0.3) is 0 Å². The Hall–Kier alpha value is -1.66. The fourth-order valence-corrected chi connectivity index (χ4v) is 7.39. The lowest BCUT2D eigenvalue weighted by atomic mass is 10.0. The lowest BCUT2D eigenvalue weighted by Gasteiger charge is -2.20. The summed E-state index contributed by atoms with van der Waals surface area (Å²) >= 11 is 0. The first-order valence-electron chi connectivity index (χ1n) is 24.6. The Bertz CT molecular complexity index is 874. The van der Waals surface area contributed by atoms with Crippen LogP contribution in [0.4, 0.5) is 0 Å². The average molecular weight is 790 g/mol. The summed E-state index contributed by atoms with van der Waals surface area (Å²) in [6.45, 7) is 4.83. The second-order valence-corrected chi connectivity index (χ2v) is 16.8. The van der Waals surface area contributed by atoms with E-state index >= 15 is 0 Å². The van der Waals surface area contributed by atoms with Gasteiger partial charge in [-0.15, -0.1) is 0 Å². The van der Waals surface area contributed by atoms with E-state index in [1.54, 1.807) is 6.08 Å². The number of esters is 1. The van der Waals surface area contributed by atoms with E-state index in [0.29, 0.717) is 19.4 Å². The van der Waals surface area contributed by atoms with E-state index in [2.05, 4.69) is 31.3 Å². The van der Waals surface area contributed by atoms with Crippen molar-refractivity contribution in [1.29, 1.82) is 0 Å². The smallest absolute Gasteiger partial charge is 0.305 e. The molecule has 56 heavy (non-hydrogen) atoms. The lowest BCUT2D eigenvalue weighted by molar-refractivity contribution is -0.143. The topological polar surface area (TPSA) is 95.9 Å². The normalized spacial score (nSPS) is 12.9. The molecule has 0 saturated carbocycles. The highest BCUT2D eigenvalue weighted by atomic mass is 16.5. The quantitative estimate of drug-likeness (QED) is 0.0324. The Morgan fingerprint density at radius 1 is 0.482 bits per heavy atom. The largest absolute Gasteiger partial charge is 0.466 e. The van der Waals surface area contributed by atoms with Crippen LogP contribution in [-0.4, -0.2) is 47.4 Å². The van der Waals surface area contributed by atoms with Gasteiger partial charge in [-0.05, 0) is 64.2 Å². The van der Waals surface area contributed by atoms with Gasteiger partial charge < -0.3 is 20.3 Å². The molecule has 0 rings (SSSR count). The molecule has 0 spiro atoms. The summed E-state index contributed by atoms with van der Waals surface area (Å²) < 4.78 is 5.42. The van der Waals surface area contributed by atoms with Gasteiger partial charge in [-0.2, -0.15) is 0 Å². The third-order valence-electron chi connectivity index (χ3n) is 11.2. The molecule has 0 aromatic heterocycles. The average Bonchev–Trinajstić information content (AvgIpc) is 3.20. The van der Waals surface area contributed by atoms with Crippen LogP contribution in [0.15, 0.2) is 24.3 Å². The van der Waals surface area contributed by atoms with Crippen molar-refractivity contribution in [3.05, 3.63) is 24.3 Å². The van der Waals surface area contributed by atoms with E-state index in [4.69, 9.17) is 4.74 Å². The summed E-state index contributed by atoms with van der Waals surface area (Å²) in [5.74, 6) is -0.118. The molecule has 0 heterocycles. The third-order valence-corrected chi connectivity index (χ3v) is 11.2. The molecule has 6 nitrogen and oxygen atoms in total. The predicted octanol–water partition coefficient (Wildman–Crippen LogP) is 14.3.